The van der Waals surface area contributed by atoms with E-state index in [1.165, 1.54) is 11.4 Å². The Bertz CT molecular complexity index is 1270. The number of aryl methyl sites for hydroxylation is 2. The molecule has 0 bridgehead atoms. The molecule has 0 spiro atoms. The normalized spacial score (nSPS) is 15.3. The second-order valence-electron chi connectivity index (χ2n) is 8.81. The fourth-order valence-corrected chi connectivity index (χ4v) is 5.75. The summed E-state index contributed by atoms with van der Waals surface area (Å²) in [4.78, 5) is 13.3. The van der Waals surface area contributed by atoms with Gasteiger partial charge in [-0.3, -0.25) is 4.79 Å². The van der Waals surface area contributed by atoms with E-state index in [2.05, 4.69) is 5.32 Å². The summed E-state index contributed by atoms with van der Waals surface area (Å²) in [6, 6.07) is 22.5. The molecule has 8 heteroatoms. The second kappa shape index (κ2) is 11.7. The van der Waals surface area contributed by atoms with Gasteiger partial charge in [-0.2, -0.15) is 4.31 Å². The summed E-state index contributed by atoms with van der Waals surface area (Å²) >= 11 is 0. The Morgan fingerprint density at radius 1 is 1.00 bits per heavy atom. The van der Waals surface area contributed by atoms with Crippen molar-refractivity contribution < 1.29 is 22.7 Å². The lowest BCUT2D eigenvalue weighted by Crippen LogP contribution is -2.40. The highest BCUT2D eigenvalue weighted by atomic mass is 32.2. The van der Waals surface area contributed by atoms with E-state index in [0.717, 1.165) is 16.7 Å². The van der Waals surface area contributed by atoms with Gasteiger partial charge in [0.25, 0.3) is 0 Å². The molecule has 36 heavy (non-hydrogen) atoms. The fraction of sp³-hybridized carbons (Fsp3) is 0.321. The van der Waals surface area contributed by atoms with Gasteiger partial charge in [-0.05, 0) is 48.2 Å². The van der Waals surface area contributed by atoms with Crippen molar-refractivity contribution in [1.82, 2.24) is 9.62 Å². The first-order valence-corrected chi connectivity index (χ1v) is 13.5. The van der Waals surface area contributed by atoms with Crippen molar-refractivity contribution in [2.75, 3.05) is 33.4 Å². The quantitative estimate of drug-likeness (QED) is 0.475. The van der Waals surface area contributed by atoms with Crippen LogP contribution in [0.15, 0.2) is 77.7 Å². The molecule has 0 unspecified atom stereocenters. The number of methoxy groups -OCH3 is 1. The third-order valence-corrected chi connectivity index (χ3v) is 8.22. The summed E-state index contributed by atoms with van der Waals surface area (Å²) in [7, 11) is -2.11. The number of amides is 1. The molecule has 1 amide bonds. The van der Waals surface area contributed by atoms with Gasteiger partial charge in [-0.15, -0.1) is 0 Å². The van der Waals surface area contributed by atoms with Crippen LogP contribution >= 0.6 is 0 Å². The van der Waals surface area contributed by atoms with Crippen molar-refractivity contribution in [3.63, 3.8) is 0 Å². The van der Waals surface area contributed by atoms with Crippen LogP contribution in [0.25, 0.3) is 0 Å². The van der Waals surface area contributed by atoms with Crippen LogP contribution in [0, 0.1) is 6.92 Å². The minimum Gasteiger partial charge on any atom is -0.496 e. The first-order chi connectivity index (χ1) is 17.4. The minimum absolute atomic E-state index is 0.132. The molecule has 0 aromatic heterocycles. The first-order valence-electron chi connectivity index (χ1n) is 12.0. The monoisotopic (exact) mass is 508 g/mol. The van der Waals surface area contributed by atoms with Crippen LogP contribution in [0.4, 0.5) is 0 Å². The molecule has 0 saturated carbocycles. The molecular weight excluding hydrogens is 476 g/mol. The SMILES string of the molecule is COc1ccc(S(=O)(=O)N2CCOCC2)cc1CCC(=O)N[C@H](c1ccccc1)c1ccc(C)cc1. The molecular formula is C28H32N2O5S. The molecule has 1 atom stereocenters. The molecule has 1 heterocycles. The first kappa shape index (κ1) is 25.9. The molecule has 7 nitrogen and oxygen atoms in total. The smallest absolute Gasteiger partial charge is 0.243 e. The number of carbonyl (C=O) groups is 1. The largest absolute Gasteiger partial charge is 0.496 e. The Morgan fingerprint density at radius 3 is 2.33 bits per heavy atom. The number of sulfonamides is 1. The molecule has 190 valence electrons. The van der Waals surface area contributed by atoms with Crippen LogP contribution in [0.1, 0.15) is 34.7 Å². The zero-order valence-electron chi connectivity index (χ0n) is 20.6. The zero-order valence-corrected chi connectivity index (χ0v) is 21.5. The Kier molecular flexibility index (Phi) is 8.40. The number of ether oxygens (including phenoxy) is 2. The van der Waals surface area contributed by atoms with E-state index < -0.39 is 10.0 Å². The highest BCUT2D eigenvalue weighted by molar-refractivity contribution is 7.89. The molecule has 0 radical (unpaired) electrons. The van der Waals surface area contributed by atoms with E-state index >= 15 is 0 Å². The maximum absolute atomic E-state index is 13.1. The third-order valence-electron chi connectivity index (χ3n) is 6.33. The number of nitrogens with one attached hydrogen (secondary N) is 1. The Hall–Kier alpha value is -3.20. The summed E-state index contributed by atoms with van der Waals surface area (Å²) in [5, 5.41) is 3.15. The average Bonchev–Trinajstić information content (AvgIpc) is 2.92. The van der Waals surface area contributed by atoms with Gasteiger partial charge in [-0.1, -0.05) is 60.2 Å². The molecule has 4 rings (SSSR count). The average molecular weight is 509 g/mol. The van der Waals surface area contributed by atoms with Gasteiger partial charge in [-0.25, -0.2) is 8.42 Å². The highest BCUT2D eigenvalue weighted by Crippen LogP contribution is 2.27. The molecule has 1 aliphatic heterocycles. The predicted octanol–water partition coefficient (Wildman–Crippen LogP) is 3.86. The van der Waals surface area contributed by atoms with Crippen molar-refractivity contribution in [3.8, 4) is 5.75 Å². The summed E-state index contributed by atoms with van der Waals surface area (Å²) in [5.74, 6) is 0.426. The second-order valence-corrected chi connectivity index (χ2v) is 10.7. The molecule has 1 fully saturated rings. The van der Waals surface area contributed by atoms with Gasteiger partial charge < -0.3 is 14.8 Å². The van der Waals surface area contributed by atoms with Crippen molar-refractivity contribution >= 4 is 15.9 Å². The predicted molar refractivity (Wildman–Crippen MR) is 138 cm³/mol. The zero-order chi connectivity index (χ0) is 25.5. The Balaban J connectivity index is 1.50. The van der Waals surface area contributed by atoms with Gasteiger partial charge >= 0.3 is 0 Å². The Morgan fingerprint density at radius 2 is 1.67 bits per heavy atom. The van der Waals surface area contributed by atoms with Crippen LogP contribution < -0.4 is 10.1 Å². The van der Waals surface area contributed by atoms with Gasteiger partial charge in [0, 0.05) is 19.5 Å². The van der Waals surface area contributed by atoms with Gasteiger partial charge in [0.05, 0.1) is 31.3 Å². The minimum atomic E-state index is -3.65. The molecule has 3 aromatic rings. The number of benzene rings is 3. The number of morpholine rings is 1. The van der Waals surface area contributed by atoms with E-state index in [9.17, 15) is 13.2 Å². The molecule has 1 N–H and O–H groups in total. The van der Waals surface area contributed by atoms with Crippen LogP contribution in [-0.2, 0) is 26.0 Å². The van der Waals surface area contributed by atoms with E-state index in [0.29, 0.717) is 44.0 Å². The summed E-state index contributed by atoms with van der Waals surface area (Å²) in [6.07, 6.45) is 0.531. The topological polar surface area (TPSA) is 84.9 Å². The molecule has 3 aromatic carbocycles. The number of rotatable bonds is 9. The van der Waals surface area contributed by atoms with Crippen molar-refractivity contribution in [2.24, 2.45) is 0 Å². The number of hydrogen-bond donors (Lipinski definition) is 1. The summed E-state index contributed by atoms with van der Waals surface area (Å²) in [5.41, 5.74) is 3.81. The standard InChI is InChI=1S/C28H32N2O5S/c1-21-8-10-23(11-9-21)28(22-6-4-3-5-7-22)29-27(31)15-12-24-20-25(13-14-26(24)34-2)36(32,33)30-16-18-35-19-17-30/h3-11,13-14,20,28H,12,15-19H2,1-2H3,(H,29,31)/t28-/m1/s1. The summed E-state index contributed by atoms with van der Waals surface area (Å²) < 4.78 is 38.4. The number of hydrogen-bond acceptors (Lipinski definition) is 5. The van der Waals surface area contributed by atoms with Crippen molar-refractivity contribution in [2.45, 2.75) is 30.7 Å². The van der Waals surface area contributed by atoms with Gasteiger partial charge in [0.2, 0.25) is 15.9 Å². The van der Waals surface area contributed by atoms with Crippen LogP contribution in [0.5, 0.6) is 5.75 Å². The summed E-state index contributed by atoms with van der Waals surface area (Å²) in [6.45, 7) is 3.44. The molecule has 1 saturated heterocycles. The lowest BCUT2D eigenvalue weighted by molar-refractivity contribution is -0.121. The number of nitrogens with zero attached hydrogens (tertiary/aromatic N) is 1. The molecule has 0 aliphatic carbocycles. The lowest BCUT2D eigenvalue weighted by atomic mass is 9.97. The maximum Gasteiger partial charge on any atom is 0.243 e. The molecule has 1 aliphatic rings. The van der Waals surface area contributed by atoms with Crippen LogP contribution in [0.2, 0.25) is 0 Å². The van der Waals surface area contributed by atoms with Crippen molar-refractivity contribution in [1.29, 1.82) is 0 Å². The number of carbonyl (C=O) groups excluding carboxylic acids is 1. The van der Waals surface area contributed by atoms with E-state index in [1.54, 1.807) is 18.2 Å². The van der Waals surface area contributed by atoms with Gasteiger partial charge in [0.15, 0.2) is 0 Å². The Labute approximate surface area is 213 Å². The lowest BCUT2D eigenvalue weighted by Gasteiger charge is -2.26. The third kappa shape index (κ3) is 6.13. The highest BCUT2D eigenvalue weighted by Gasteiger charge is 2.27. The van der Waals surface area contributed by atoms with Gasteiger partial charge in [0.1, 0.15) is 5.75 Å². The van der Waals surface area contributed by atoms with E-state index in [-0.39, 0.29) is 23.3 Å². The fourth-order valence-electron chi connectivity index (χ4n) is 4.29. The van der Waals surface area contributed by atoms with Crippen LogP contribution in [0.3, 0.4) is 0 Å². The van der Waals surface area contributed by atoms with Crippen molar-refractivity contribution in [3.05, 3.63) is 95.1 Å². The van der Waals surface area contributed by atoms with E-state index in [4.69, 9.17) is 9.47 Å². The van der Waals surface area contributed by atoms with Crippen LogP contribution in [-0.4, -0.2) is 52.0 Å². The van der Waals surface area contributed by atoms with E-state index in [1.807, 2.05) is 61.5 Å². The maximum atomic E-state index is 13.1.